The first-order valence-electron chi connectivity index (χ1n) is 21.9. The molecule has 0 spiro atoms. The van der Waals surface area contributed by atoms with Gasteiger partial charge in [-0.05, 0) is 105 Å². The Kier molecular flexibility index (Phi) is 8.79. The summed E-state index contributed by atoms with van der Waals surface area (Å²) in [5, 5.41) is 46.4. The topological polar surface area (TPSA) is 209 Å². The van der Waals surface area contributed by atoms with Crippen LogP contribution in [0.5, 0.6) is 0 Å². The van der Waals surface area contributed by atoms with E-state index in [0.717, 1.165) is 24.1 Å². The number of benzene rings is 2. The first-order valence-corrected chi connectivity index (χ1v) is 21.9. The van der Waals surface area contributed by atoms with Crippen LogP contribution in [-0.2, 0) is 17.4 Å². The van der Waals surface area contributed by atoms with E-state index < -0.39 is 56.8 Å². The zero-order valence-electron chi connectivity index (χ0n) is 36.4. The van der Waals surface area contributed by atoms with Gasteiger partial charge in [-0.1, -0.05) is 39.8 Å². The molecule has 2 fully saturated rings. The normalized spacial score (nSPS) is 23.7. The van der Waals surface area contributed by atoms with Gasteiger partial charge in [0.25, 0.3) is 0 Å². The Bertz CT molecular complexity index is 3310. The first-order chi connectivity index (χ1) is 32.3. The van der Waals surface area contributed by atoms with Crippen LogP contribution in [0, 0.1) is 34.1 Å². The van der Waals surface area contributed by atoms with Crippen LogP contribution in [0.1, 0.15) is 104 Å². The van der Waals surface area contributed by atoms with Crippen molar-refractivity contribution >= 4 is 0 Å². The summed E-state index contributed by atoms with van der Waals surface area (Å²) in [5.41, 5.74) is 1.18. The summed E-state index contributed by atoms with van der Waals surface area (Å²) in [6, 6.07) is 9.69. The molecule has 67 heavy (non-hydrogen) atoms. The Labute approximate surface area is 378 Å². The molecule has 20 heteroatoms. The van der Waals surface area contributed by atoms with Gasteiger partial charge in [0.15, 0.2) is 11.6 Å². The Morgan fingerprint density at radius 3 is 2.12 bits per heavy atom. The van der Waals surface area contributed by atoms with Crippen LogP contribution in [0.3, 0.4) is 0 Å². The third-order valence-electron chi connectivity index (χ3n) is 15.6. The van der Waals surface area contributed by atoms with Crippen molar-refractivity contribution in [2.45, 2.75) is 82.1 Å². The number of halogens is 4. The van der Waals surface area contributed by atoms with Gasteiger partial charge in [-0.3, -0.25) is 9.97 Å². The SMILES string of the molecule is CC1(C)[C@@H]2c3cc(-c4c(F)cccc4F)nnc3[C@@]1(c1cncc(-c3nnn[nH]3)n1)CC2c1ccc(F)c(-c2cc3c(nn2)[C@@]2(c4cncc(-c5ncnn5CCO)n4)CC[C@@H]3C2(C)C)c1F. The number of aromatic nitrogens is 15. The molecule has 6 aromatic heterocycles. The molecule has 2 saturated carbocycles. The third kappa shape index (κ3) is 5.40. The number of nitrogens with zero attached hydrogens (tertiary/aromatic N) is 14. The van der Waals surface area contributed by atoms with Crippen LogP contribution in [-0.4, -0.2) is 87.4 Å². The molecule has 1 unspecified atom stereocenters. The molecule has 0 amide bonds. The number of rotatable bonds is 9. The van der Waals surface area contributed by atoms with Crippen molar-refractivity contribution in [3.8, 4) is 45.6 Å². The zero-order chi connectivity index (χ0) is 46.2. The lowest BCUT2D eigenvalue weighted by Gasteiger charge is -2.37. The van der Waals surface area contributed by atoms with E-state index in [4.69, 9.17) is 20.2 Å². The molecule has 0 radical (unpaired) electrons. The van der Waals surface area contributed by atoms with Crippen LogP contribution in [0.4, 0.5) is 17.6 Å². The lowest BCUT2D eigenvalue weighted by Crippen LogP contribution is -2.38. The fourth-order valence-electron chi connectivity index (χ4n) is 12.6. The largest absolute Gasteiger partial charge is 0.394 e. The fraction of sp³-hybridized carbons (Fsp3) is 0.340. The number of aliphatic hydroxyl groups is 1. The van der Waals surface area contributed by atoms with E-state index in [-0.39, 0.29) is 59.4 Å². The van der Waals surface area contributed by atoms with E-state index in [1.165, 1.54) is 30.7 Å². The quantitative estimate of drug-likeness (QED) is 0.140. The highest BCUT2D eigenvalue weighted by molar-refractivity contribution is 5.68. The van der Waals surface area contributed by atoms with Crippen LogP contribution in [0.25, 0.3) is 45.6 Å². The Balaban J connectivity index is 0.984. The predicted octanol–water partition coefficient (Wildman–Crippen LogP) is 6.97. The number of hydrogen-bond donors (Lipinski definition) is 2. The van der Waals surface area contributed by atoms with Crippen LogP contribution < -0.4 is 0 Å². The van der Waals surface area contributed by atoms with Crippen LogP contribution >= 0.6 is 0 Å². The fourth-order valence-corrected chi connectivity index (χ4v) is 12.6. The van der Waals surface area contributed by atoms with Crippen molar-refractivity contribution in [2.24, 2.45) is 10.8 Å². The minimum absolute atomic E-state index is 0.0227. The molecule has 16 nitrogen and oxygen atoms in total. The highest BCUT2D eigenvalue weighted by atomic mass is 19.1. The molecule has 8 aromatic rings. The van der Waals surface area contributed by atoms with E-state index in [1.807, 2.05) is 13.8 Å². The predicted molar refractivity (Wildman–Crippen MR) is 229 cm³/mol. The summed E-state index contributed by atoms with van der Waals surface area (Å²) in [4.78, 5) is 23.6. The summed E-state index contributed by atoms with van der Waals surface area (Å²) in [6.07, 6.45) is 9.59. The van der Waals surface area contributed by atoms with Crippen molar-refractivity contribution in [1.82, 2.24) is 75.7 Å². The molecule has 0 saturated heterocycles. The van der Waals surface area contributed by atoms with E-state index in [2.05, 4.69) is 64.7 Å². The molecule has 336 valence electrons. The second-order valence-corrected chi connectivity index (χ2v) is 19.0. The standard InChI is InChI=1S/C47H39F4N15O/c1-44(2)26-10-11-46(44,34-19-53-18-33(57-34)43-54-21-55-66(43)12-13-67)40-23(26)14-31(59-60-40)37-29(50)9-8-22(39(37)51)25-16-47(35-20-52-17-32(56-35)42-62-64-65-63-42)41-24(38(25)45(47,3)4)15-30(58-61-41)36-27(48)6-5-7-28(36)49/h5-9,14-15,17-21,25-26,38,67H,10-13,16H2,1-4H3,(H,62,63,64,65)/t25?,26-,38+,46-,47-/m0/s1. The number of H-pyrrole nitrogens is 1. The lowest BCUT2D eigenvalue weighted by molar-refractivity contribution is 0.241. The van der Waals surface area contributed by atoms with Crippen molar-refractivity contribution in [2.75, 3.05) is 6.61 Å². The van der Waals surface area contributed by atoms with Gasteiger partial charge in [-0.25, -0.2) is 42.3 Å². The molecule has 2 N–H and O–H groups in total. The number of nitrogens with one attached hydrogen (secondary N) is 1. The van der Waals surface area contributed by atoms with Gasteiger partial charge in [0.05, 0.1) is 81.7 Å². The molecule has 12 rings (SSSR count). The molecule has 4 aliphatic carbocycles. The molecular formula is C47H39F4N15O. The second kappa shape index (κ2) is 14.3. The minimum atomic E-state index is -1.07. The molecule has 2 aromatic carbocycles. The summed E-state index contributed by atoms with van der Waals surface area (Å²) < 4.78 is 66.4. The van der Waals surface area contributed by atoms with E-state index >= 15 is 17.6 Å². The Morgan fingerprint density at radius 2 is 1.39 bits per heavy atom. The van der Waals surface area contributed by atoms with Crippen molar-refractivity contribution in [3.05, 3.63) is 136 Å². The Hall–Kier alpha value is -7.35. The number of aromatic amines is 1. The van der Waals surface area contributed by atoms with Gasteiger partial charge >= 0.3 is 0 Å². The molecule has 5 atom stereocenters. The monoisotopic (exact) mass is 905 g/mol. The van der Waals surface area contributed by atoms with E-state index in [9.17, 15) is 5.11 Å². The number of hydrogen-bond acceptors (Lipinski definition) is 14. The highest BCUT2D eigenvalue weighted by Gasteiger charge is 2.69. The maximum absolute atomic E-state index is 17.8. The average Bonchev–Trinajstić information content (AvgIpc) is 4.17. The maximum atomic E-state index is 17.8. The molecular weight excluding hydrogens is 867 g/mol. The van der Waals surface area contributed by atoms with Crippen molar-refractivity contribution < 1.29 is 22.7 Å². The highest BCUT2D eigenvalue weighted by Crippen LogP contribution is 2.74. The van der Waals surface area contributed by atoms with E-state index in [0.29, 0.717) is 52.0 Å². The minimum Gasteiger partial charge on any atom is -0.394 e. The summed E-state index contributed by atoms with van der Waals surface area (Å²) in [6.45, 7) is 8.45. The van der Waals surface area contributed by atoms with Gasteiger partial charge in [0, 0.05) is 12.4 Å². The first kappa shape index (κ1) is 41.1. The van der Waals surface area contributed by atoms with E-state index in [1.54, 1.807) is 35.4 Å². The molecule has 6 heterocycles. The molecule has 4 aliphatic rings. The lowest BCUT2D eigenvalue weighted by atomic mass is 9.66. The Morgan fingerprint density at radius 1 is 0.716 bits per heavy atom. The summed E-state index contributed by atoms with van der Waals surface area (Å²) >= 11 is 0. The zero-order valence-corrected chi connectivity index (χ0v) is 36.4. The molecule has 4 bridgehead atoms. The van der Waals surface area contributed by atoms with Crippen molar-refractivity contribution in [3.63, 3.8) is 0 Å². The summed E-state index contributed by atoms with van der Waals surface area (Å²) in [7, 11) is 0. The summed E-state index contributed by atoms with van der Waals surface area (Å²) in [5.74, 6) is -3.69. The average molecular weight is 906 g/mol. The van der Waals surface area contributed by atoms with Gasteiger partial charge < -0.3 is 5.11 Å². The van der Waals surface area contributed by atoms with Crippen LogP contribution in [0.15, 0.2) is 73.6 Å². The van der Waals surface area contributed by atoms with Gasteiger partial charge in [-0.2, -0.15) is 15.3 Å². The van der Waals surface area contributed by atoms with Gasteiger partial charge in [0.2, 0.25) is 0 Å². The van der Waals surface area contributed by atoms with Crippen molar-refractivity contribution in [1.29, 1.82) is 0 Å². The van der Waals surface area contributed by atoms with Crippen LogP contribution in [0.2, 0.25) is 0 Å². The van der Waals surface area contributed by atoms with Gasteiger partial charge in [0.1, 0.15) is 41.0 Å². The number of aliphatic hydroxyl groups excluding tert-OH is 1. The molecule has 0 aliphatic heterocycles. The smallest absolute Gasteiger partial charge is 0.199 e. The third-order valence-corrected chi connectivity index (χ3v) is 15.6. The van der Waals surface area contributed by atoms with Gasteiger partial charge in [-0.15, -0.1) is 15.3 Å². The number of fused-ring (bicyclic) bond motifs is 10. The maximum Gasteiger partial charge on any atom is 0.199 e. The second-order valence-electron chi connectivity index (χ2n) is 19.0. The number of tetrazole rings is 1.